The van der Waals surface area contributed by atoms with Gasteiger partial charge in [0.25, 0.3) is 11.5 Å². The number of benzene rings is 1. The van der Waals surface area contributed by atoms with Crippen molar-refractivity contribution in [3.05, 3.63) is 63.6 Å². The lowest BCUT2D eigenvalue weighted by molar-refractivity contribution is -0.133. The molecule has 2 amide bonds. The monoisotopic (exact) mass is 381 g/mol. The molecule has 2 aromatic rings. The van der Waals surface area contributed by atoms with E-state index in [-0.39, 0.29) is 29.6 Å². The highest BCUT2D eigenvalue weighted by atomic mass is 16.2. The lowest BCUT2D eigenvalue weighted by atomic mass is 9.99. The van der Waals surface area contributed by atoms with Gasteiger partial charge < -0.3 is 14.8 Å². The van der Waals surface area contributed by atoms with Gasteiger partial charge in [-0.25, -0.2) is 0 Å². The molecule has 1 saturated heterocycles. The molecule has 1 aromatic carbocycles. The van der Waals surface area contributed by atoms with Crippen molar-refractivity contribution in [2.45, 2.75) is 40.2 Å². The molecule has 1 fully saturated rings. The van der Waals surface area contributed by atoms with Gasteiger partial charge in [0, 0.05) is 24.3 Å². The van der Waals surface area contributed by atoms with Crippen LogP contribution in [0.1, 0.15) is 41.4 Å². The molecular formula is C22H27N3O3. The number of aromatic nitrogens is 1. The van der Waals surface area contributed by atoms with Crippen LogP contribution in [0.3, 0.4) is 0 Å². The van der Waals surface area contributed by atoms with Crippen molar-refractivity contribution in [2.24, 2.45) is 5.92 Å². The topological polar surface area (TPSA) is 71.4 Å². The van der Waals surface area contributed by atoms with E-state index < -0.39 is 0 Å². The summed E-state index contributed by atoms with van der Waals surface area (Å²) >= 11 is 0. The number of rotatable bonds is 4. The quantitative estimate of drug-likeness (QED) is 0.885. The second kappa shape index (κ2) is 8.42. The summed E-state index contributed by atoms with van der Waals surface area (Å²) < 4.78 is 1.44. The number of pyridine rings is 1. The fourth-order valence-corrected chi connectivity index (χ4v) is 3.36. The fraction of sp³-hybridized carbons (Fsp3) is 0.409. The van der Waals surface area contributed by atoms with Crippen molar-refractivity contribution < 1.29 is 9.59 Å². The van der Waals surface area contributed by atoms with Crippen LogP contribution in [0.4, 0.5) is 5.69 Å². The molecule has 6 nitrogen and oxygen atoms in total. The summed E-state index contributed by atoms with van der Waals surface area (Å²) in [7, 11) is 0. The Morgan fingerprint density at radius 2 is 1.68 bits per heavy atom. The zero-order valence-electron chi connectivity index (χ0n) is 16.7. The van der Waals surface area contributed by atoms with Crippen LogP contribution < -0.4 is 10.9 Å². The fourth-order valence-electron chi connectivity index (χ4n) is 3.36. The van der Waals surface area contributed by atoms with Crippen molar-refractivity contribution in [2.75, 3.05) is 18.4 Å². The Morgan fingerprint density at radius 3 is 2.32 bits per heavy atom. The molecule has 1 aromatic heterocycles. The summed E-state index contributed by atoms with van der Waals surface area (Å²) in [5.74, 6) is 0.233. The van der Waals surface area contributed by atoms with Gasteiger partial charge in [-0.15, -0.1) is 0 Å². The van der Waals surface area contributed by atoms with Gasteiger partial charge in [-0.1, -0.05) is 24.6 Å². The van der Waals surface area contributed by atoms with Gasteiger partial charge >= 0.3 is 0 Å². The van der Waals surface area contributed by atoms with Crippen LogP contribution in [0.5, 0.6) is 0 Å². The maximum absolute atomic E-state index is 12.9. The minimum atomic E-state index is -0.362. The Bertz CT molecular complexity index is 923. The third-order valence-corrected chi connectivity index (χ3v) is 5.38. The van der Waals surface area contributed by atoms with Crippen LogP contribution in [0, 0.1) is 19.8 Å². The molecule has 0 atom stereocenters. The summed E-state index contributed by atoms with van der Waals surface area (Å²) in [6.45, 7) is 7.39. The molecule has 0 saturated carbocycles. The van der Waals surface area contributed by atoms with E-state index >= 15 is 0 Å². The smallest absolute Gasteiger partial charge is 0.274 e. The van der Waals surface area contributed by atoms with Gasteiger partial charge in [0.1, 0.15) is 12.2 Å². The van der Waals surface area contributed by atoms with Crippen molar-refractivity contribution in [3.63, 3.8) is 0 Å². The first-order valence-corrected chi connectivity index (χ1v) is 9.71. The van der Waals surface area contributed by atoms with Gasteiger partial charge in [-0.3, -0.25) is 14.4 Å². The third-order valence-electron chi connectivity index (χ3n) is 5.38. The van der Waals surface area contributed by atoms with Crippen LogP contribution in [0.2, 0.25) is 0 Å². The number of piperidine rings is 1. The molecule has 2 heterocycles. The van der Waals surface area contributed by atoms with E-state index in [1.165, 1.54) is 4.57 Å². The molecule has 1 N–H and O–H groups in total. The van der Waals surface area contributed by atoms with Crippen molar-refractivity contribution >= 4 is 17.5 Å². The van der Waals surface area contributed by atoms with E-state index in [2.05, 4.69) is 12.2 Å². The molecule has 6 heteroatoms. The van der Waals surface area contributed by atoms with Crippen molar-refractivity contribution in [1.29, 1.82) is 0 Å². The van der Waals surface area contributed by atoms with Crippen LogP contribution in [-0.4, -0.2) is 34.4 Å². The molecule has 0 spiro atoms. The summed E-state index contributed by atoms with van der Waals surface area (Å²) in [6.07, 6.45) is 1.98. The Kier molecular flexibility index (Phi) is 5.97. The molecule has 3 rings (SSSR count). The largest absolute Gasteiger partial charge is 0.341 e. The highest BCUT2D eigenvalue weighted by molar-refractivity contribution is 6.04. The standard InChI is InChI=1S/C22H27N3O3/c1-15-4-7-18(8-5-15)21(27)23-19-9-6-17(3)25(22(19)28)14-20(26)24-12-10-16(2)11-13-24/h4-9,16H,10-14H2,1-3H3,(H,23,27). The summed E-state index contributed by atoms with van der Waals surface area (Å²) in [6, 6.07) is 10.5. The Balaban J connectivity index is 1.76. The van der Waals surface area contributed by atoms with E-state index in [1.807, 2.05) is 24.0 Å². The molecular weight excluding hydrogens is 354 g/mol. The molecule has 148 valence electrons. The first kappa shape index (κ1) is 19.9. The number of aryl methyl sites for hydroxylation is 2. The number of hydrogen-bond donors (Lipinski definition) is 1. The summed E-state index contributed by atoms with van der Waals surface area (Å²) in [5.41, 5.74) is 2.04. The number of carbonyl (C=O) groups excluding carboxylic acids is 2. The Labute approximate surface area is 165 Å². The Hall–Kier alpha value is -2.89. The van der Waals surface area contributed by atoms with Gasteiger partial charge in [-0.05, 0) is 56.9 Å². The number of nitrogens with zero attached hydrogens (tertiary/aromatic N) is 2. The second-order valence-electron chi connectivity index (χ2n) is 7.66. The lowest BCUT2D eigenvalue weighted by Crippen LogP contribution is -2.41. The molecule has 0 aliphatic carbocycles. The molecule has 0 bridgehead atoms. The highest BCUT2D eigenvalue weighted by Crippen LogP contribution is 2.16. The van der Waals surface area contributed by atoms with Crippen LogP contribution in [0.25, 0.3) is 0 Å². The number of amides is 2. The first-order chi connectivity index (χ1) is 13.3. The highest BCUT2D eigenvalue weighted by Gasteiger charge is 2.21. The zero-order valence-corrected chi connectivity index (χ0v) is 16.7. The molecule has 28 heavy (non-hydrogen) atoms. The van der Waals surface area contributed by atoms with Crippen LogP contribution in [0.15, 0.2) is 41.2 Å². The molecule has 1 aliphatic heterocycles. The van der Waals surface area contributed by atoms with Crippen LogP contribution in [-0.2, 0) is 11.3 Å². The average molecular weight is 381 g/mol. The summed E-state index contributed by atoms with van der Waals surface area (Å²) in [4.78, 5) is 39.8. The number of carbonyl (C=O) groups is 2. The number of likely N-dealkylation sites (tertiary alicyclic amines) is 1. The van der Waals surface area contributed by atoms with Gasteiger partial charge in [-0.2, -0.15) is 0 Å². The average Bonchev–Trinajstić information content (AvgIpc) is 2.68. The summed E-state index contributed by atoms with van der Waals surface area (Å²) in [5, 5.41) is 2.67. The molecule has 0 radical (unpaired) electrons. The van der Waals surface area contributed by atoms with E-state index in [1.54, 1.807) is 31.2 Å². The minimum Gasteiger partial charge on any atom is -0.341 e. The minimum absolute atomic E-state index is 0.00666. The van der Waals surface area contributed by atoms with E-state index in [0.717, 1.165) is 31.5 Å². The van der Waals surface area contributed by atoms with E-state index in [9.17, 15) is 14.4 Å². The second-order valence-corrected chi connectivity index (χ2v) is 7.66. The first-order valence-electron chi connectivity index (χ1n) is 9.71. The van der Waals surface area contributed by atoms with Crippen molar-refractivity contribution in [3.8, 4) is 0 Å². The number of anilines is 1. The van der Waals surface area contributed by atoms with Gasteiger partial charge in [0.05, 0.1) is 0 Å². The lowest BCUT2D eigenvalue weighted by Gasteiger charge is -2.30. The normalized spacial score (nSPS) is 14.8. The third kappa shape index (κ3) is 4.50. The molecule has 0 unspecified atom stereocenters. The van der Waals surface area contributed by atoms with E-state index in [0.29, 0.717) is 17.2 Å². The maximum Gasteiger partial charge on any atom is 0.274 e. The van der Waals surface area contributed by atoms with Crippen molar-refractivity contribution in [1.82, 2.24) is 9.47 Å². The number of hydrogen-bond acceptors (Lipinski definition) is 3. The number of nitrogens with one attached hydrogen (secondary N) is 1. The zero-order chi connectivity index (χ0) is 20.3. The predicted octanol–water partition coefficient (Wildman–Crippen LogP) is 2.98. The Morgan fingerprint density at radius 1 is 1.04 bits per heavy atom. The maximum atomic E-state index is 12.9. The van der Waals surface area contributed by atoms with E-state index in [4.69, 9.17) is 0 Å². The van der Waals surface area contributed by atoms with Gasteiger partial charge in [0.15, 0.2) is 0 Å². The van der Waals surface area contributed by atoms with Gasteiger partial charge in [0.2, 0.25) is 5.91 Å². The van der Waals surface area contributed by atoms with Crippen LogP contribution >= 0.6 is 0 Å². The molecule has 1 aliphatic rings. The SMILES string of the molecule is Cc1ccc(C(=O)Nc2ccc(C)n(CC(=O)N3CCC(C)CC3)c2=O)cc1. The predicted molar refractivity (Wildman–Crippen MR) is 110 cm³/mol.